The molecular weight excluding hydrogens is 558 g/mol. The molecule has 12 heteroatoms. The smallest absolute Gasteiger partial charge is 0.243 e. The van der Waals surface area contributed by atoms with E-state index in [1.54, 1.807) is 23.6 Å². The number of ether oxygens (including phenoxy) is 2. The van der Waals surface area contributed by atoms with Crippen molar-refractivity contribution in [3.05, 3.63) is 77.1 Å². The average Bonchev–Trinajstić information content (AvgIpc) is 3.44. The van der Waals surface area contributed by atoms with Crippen molar-refractivity contribution < 1.29 is 29.4 Å². The molecule has 0 saturated carbocycles. The van der Waals surface area contributed by atoms with Crippen LogP contribution in [0.2, 0.25) is 0 Å². The number of benzene rings is 2. The predicted molar refractivity (Wildman–Crippen MR) is 156 cm³/mol. The summed E-state index contributed by atoms with van der Waals surface area (Å²) >= 11 is 1.59. The Bertz CT molecular complexity index is 1270. The Labute approximate surface area is 250 Å². The minimum absolute atomic E-state index is 0.00526. The Morgan fingerprint density at radius 2 is 1.62 bits per heavy atom. The summed E-state index contributed by atoms with van der Waals surface area (Å²) in [6.45, 7) is 0.424. The van der Waals surface area contributed by atoms with Gasteiger partial charge in [-0.15, -0.1) is 10.2 Å². The Morgan fingerprint density at radius 1 is 0.952 bits per heavy atom. The van der Waals surface area contributed by atoms with Gasteiger partial charge in [-0.1, -0.05) is 73.1 Å². The quantitative estimate of drug-likeness (QED) is 0.0879. The summed E-state index contributed by atoms with van der Waals surface area (Å²) in [5.74, 6) is 0.301. The number of thioether (sulfide) groups is 1. The summed E-state index contributed by atoms with van der Waals surface area (Å²) in [5, 5.41) is 29.8. The number of aliphatic hydroxyl groups is 1. The number of carbonyl (C=O) groups excluding carboxylic acids is 2. The van der Waals surface area contributed by atoms with Gasteiger partial charge in [0, 0.05) is 44.2 Å². The van der Waals surface area contributed by atoms with E-state index in [-0.39, 0.29) is 37.0 Å². The maximum Gasteiger partial charge on any atom is 0.243 e. The Balaban J connectivity index is 1.30. The number of aliphatic hydroxyl groups excluding tert-OH is 1. The minimum Gasteiger partial charge on any atom is -0.392 e. The van der Waals surface area contributed by atoms with Crippen molar-refractivity contribution in [3.8, 4) is 0 Å². The molecule has 2 amide bonds. The molecule has 1 aliphatic heterocycles. The van der Waals surface area contributed by atoms with Crippen LogP contribution in [0.1, 0.15) is 79.6 Å². The van der Waals surface area contributed by atoms with Crippen molar-refractivity contribution in [1.82, 2.24) is 25.6 Å². The lowest BCUT2D eigenvalue weighted by atomic mass is 10.0. The lowest BCUT2D eigenvalue weighted by Crippen LogP contribution is -2.31. The van der Waals surface area contributed by atoms with Crippen molar-refractivity contribution in [3.63, 3.8) is 0 Å². The zero-order valence-electron chi connectivity index (χ0n) is 23.8. The fourth-order valence-electron chi connectivity index (χ4n) is 4.66. The molecule has 0 radical (unpaired) electrons. The van der Waals surface area contributed by atoms with Crippen LogP contribution >= 0.6 is 11.8 Å². The van der Waals surface area contributed by atoms with E-state index >= 15 is 0 Å². The normalized spacial score (nSPS) is 18.5. The number of carbonyl (C=O) groups is 2. The molecule has 1 fully saturated rings. The third kappa shape index (κ3) is 9.63. The molecule has 2 aromatic carbocycles. The van der Waals surface area contributed by atoms with Crippen molar-refractivity contribution in [2.75, 3.05) is 5.75 Å². The van der Waals surface area contributed by atoms with Crippen LogP contribution < -0.4 is 10.8 Å². The Hall–Kier alpha value is -3.29. The molecule has 0 unspecified atom stereocenters. The molecule has 1 saturated heterocycles. The number of nitrogens with zero attached hydrogens (tertiary/aromatic N) is 3. The number of unbranched alkanes of at least 4 members (excludes halogenated alkanes) is 3. The van der Waals surface area contributed by atoms with Crippen LogP contribution in [0.5, 0.6) is 0 Å². The van der Waals surface area contributed by atoms with Gasteiger partial charge in [0.15, 0.2) is 11.4 Å². The number of rotatable bonds is 15. The maximum atomic E-state index is 12.3. The van der Waals surface area contributed by atoms with Crippen LogP contribution in [0.4, 0.5) is 0 Å². The largest absolute Gasteiger partial charge is 0.392 e. The fraction of sp³-hybridized carbons (Fsp3) is 0.467. The predicted octanol–water partition coefficient (Wildman–Crippen LogP) is 4.11. The van der Waals surface area contributed by atoms with Gasteiger partial charge in [-0.3, -0.25) is 14.8 Å². The second-order valence-corrected chi connectivity index (χ2v) is 11.3. The highest BCUT2D eigenvalue weighted by molar-refractivity contribution is 7.99. The molecular formula is C30H39N5O6S. The molecule has 0 aliphatic carbocycles. The molecule has 226 valence electrons. The monoisotopic (exact) mass is 597 g/mol. The number of aromatic nitrogens is 3. The molecule has 0 bridgehead atoms. The standard InChI is InChI=1S/C30H39N5O6S/c1-35-20-32-33-30(35)42-19-25-16-26(23-12-10-22(18-36)11-13-23)41-29(40-25)24-14-8-21(9-15-24)17-31-27(37)6-4-2-3-5-7-28(38)34-39/h8-15,20,25-26,29,36,39H,2-7,16-19H2,1H3,(H,31,37)(H,34,38)/t25-,26+,29+/m1/s1. The van der Waals surface area contributed by atoms with Crippen molar-refractivity contribution in [1.29, 1.82) is 0 Å². The van der Waals surface area contributed by atoms with Crippen LogP contribution in [-0.2, 0) is 39.3 Å². The molecule has 4 N–H and O–H groups in total. The summed E-state index contributed by atoms with van der Waals surface area (Å²) in [7, 11) is 1.91. The van der Waals surface area contributed by atoms with Crippen LogP contribution in [0.15, 0.2) is 60.0 Å². The lowest BCUT2D eigenvalue weighted by Gasteiger charge is -2.36. The molecule has 1 aromatic heterocycles. The minimum atomic E-state index is -0.557. The van der Waals surface area contributed by atoms with Gasteiger partial charge in [0.05, 0.1) is 18.8 Å². The lowest BCUT2D eigenvalue weighted by molar-refractivity contribution is -0.245. The topological polar surface area (TPSA) is 148 Å². The van der Waals surface area contributed by atoms with E-state index in [2.05, 4.69) is 15.5 Å². The van der Waals surface area contributed by atoms with Gasteiger partial charge in [-0.25, -0.2) is 5.48 Å². The first kappa shape index (κ1) is 31.6. The van der Waals surface area contributed by atoms with Gasteiger partial charge >= 0.3 is 0 Å². The van der Waals surface area contributed by atoms with Crippen molar-refractivity contribution >= 4 is 23.6 Å². The number of nitrogens with one attached hydrogen (secondary N) is 2. The van der Waals surface area contributed by atoms with Crippen molar-refractivity contribution in [2.45, 2.75) is 81.8 Å². The molecule has 11 nitrogen and oxygen atoms in total. The molecule has 42 heavy (non-hydrogen) atoms. The van der Waals surface area contributed by atoms with Gasteiger partial charge in [0.2, 0.25) is 11.8 Å². The van der Waals surface area contributed by atoms with E-state index in [9.17, 15) is 14.7 Å². The zero-order valence-corrected chi connectivity index (χ0v) is 24.6. The van der Waals surface area contributed by atoms with Crippen LogP contribution in [0.3, 0.4) is 0 Å². The molecule has 2 heterocycles. The second kappa shape index (κ2) is 16.4. The summed E-state index contributed by atoms with van der Waals surface area (Å²) in [5.41, 5.74) is 5.38. The first-order valence-electron chi connectivity index (χ1n) is 14.2. The highest BCUT2D eigenvalue weighted by Gasteiger charge is 2.32. The van der Waals surface area contributed by atoms with Crippen molar-refractivity contribution in [2.24, 2.45) is 7.05 Å². The number of hydroxylamine groups is 1. The van der Waals surface area contributed by atoms with E-state index in [1.807, 2.05) is 60.1 Å². The van der Waals surface area contributed by atoms with E-state index < -0.39 is 6.29 Å². The second-order valence-electron chi connectivity index (χ2n) is 10.4. The number of hydrogen-bond donors (Lipinski definition) is 4. The summed E-state index contributed by atoms with van der Waals surface area (Å²) in [6, 6.07) is 15.7. The fourth-order valence-corrected chi connectivity index (χ4v) is 5.56. The first-order chi connectivity index (χ1) is 20.4. The zero-order chi connectivity index (χ0) is 29.7. The summed E-state index contributed by atoms with van der Waals surface area (Å²) in [6.07, 6.45) is 5.39. The Kier molecular flexibility index (Phi) is 12.3. The number of aryl methyl sites for hydroxylation is 1. The van der Waals surface area contributed by atoms with E-state index in [0.29, 0.717) is 31.6 Å². The molecule has 4 rings (SSSR count). The van der Waals surface area contributed by atoms with Gasteiger partial charge in [-0.2, -0.15) is 0 Å². The number of hydrogen-bond acceptors (Lipinski definition) is 9. The highest BCUT2D eigenvalue weighted by Crippen LogP contribution is 2.39. The summed E-state index contributed by atoms with van der Waals surface area (Å²) < 4.78 is 14.7. The van der Waals surface area contributed by atoms with Gasteiger partial charge in [0.1, 0.15) is 6.33 Å². The van der Waals surface area contributed by atoms with Gasteiger partial charge in [-0.05, 0) is 29.5 Å². The number of amides is 2. The highest BCUT2D eigenvalue weighted by atomic mass is 32.2. The van der Waals surface area contributed by atoms with E-state index in [4.69, 9.17) is 14.7 Å². The molecule has 3 atom stereocenters. The molecule has 3 aromatic rings. The SMILES string of the molecule is Cn1cnnc1SC[C@H]1C[C@@H](c2ccc(CO)cc2)O[C@@H](c2ccc(CNC(=O)CCCCCCC(=O)NO)cc2)O1. The summed E-state index contributed by atoms with van der Waals surface area (Å²) in [4.78, 5) is 23.3. The maximum absolute atomic E-state index is 12.3. The van der Waals surface area contributed by atoms with Gasteiger partial charge < -0.3 is 24.5 Å². The van der Waals surface area contributed by atoms with Gasteiger partial charge in [0.25, 0.3) is 0 Å². The van der Waals surface area contributed by atoms with Crippen LogP contribution in [0, 0.1) is 0 Å². The molecule has 0 spiro atoms. The third-order valence-electron chi connectivity index (χ3n) is 7.11. The van der Waals surface area contributed by atoms with E-state index in [0.717, 1.165) is 46.7 Å². The van der Waals surface area contributed by atoms with Crippen LogP contribution in [-0.4, -0.2) is 48.7 Å². The van der Waals surface area contributed by atoms with Crippen LogP contribution in [0.25, 0.3) is 0 Å². The average molecular weight is 598 g/mol. The van der Waals surface area contributed by atoms with E-state index in [1.165, 1.54) is 0 Å². The molecule has 1 aliphatic rings. The first-order valence-corrected chi connectivity index (χ1v) is 15.2. The third-order valence-corrected chi connectivity index (χ3v) is 8.27. The Morgan fingerprint density at radius 3 is 2.26 bits per heavy atom.